The summed E-state index contributed by atoms with van der Waals surface area (Å²) in [6, 6.07) is 42.0. The molecule has 0 N–H and O–H groups in total. The van der Waals surface area contributed by atoms with Gasteiger partial charge in [-0.05, 0) is 0 Å². The van der Waals surface area contributed by atoms with Gasteiger partial charge in [-0.1, -0.05) is 0 Å². The Bertz CT molecular complexity index is 905. The molecule has 0 heterocycles. The molecule has 0 saturated carbocycles. The van der Waals surface area contributed by atoms with Crippen molar-refractivity contribution in [3.8, 4) is 0 Å². The molecular formula is C25H23Br2P. The Hall–Kier alpha value is -1.73. The van der Waals surface area contributed by atoms with E-state index in [1.807, 2.05) is 0 Å². The van der Waals surface area contributed by atoms with Crippen LogP contribution < -0.4 is 15.9 Å². The van der Waals surface area contributed by atoms with Gasteiger partial charge in [0.25, 0.3) is 0 Å². The first-order valence-corrected chi connectivity index (χ1v) is 12.2. The standard InChI is InChI=1S/C25H22BrP.BrH/c26-22-12-10-11-21(19-22)20-27(23-13-4-1-5-14-23,24-15-6-2-7-16-24)25-17-8-3-9-18-25;/h1-19,27H,20H2;1H. The summed E-state index contributed by atoms with van der Waals surface area (Å²) in [6.45, 7) is 0. The van der Waals surface area contributed by atoms with Gasteiger partial charge in [-0.15, -0.1) is 17.0 Å². The number of hydrogen-bond donors (Lipinski definition) is 0. The van der Waals surface area contributed by atoms with Crippen LogP contribution in [0.3, 0.4) is 0 Å². The molecule has 3 heteroatoms. The third kappa shape index (κ3) is 4.30. The molecule has 0 atom stereocenters. The van der Waals surface area contributed by atoms with E-state index >= 15 is 0 Å². The summed E-state index contributed by atoms with van der Waals surface area (Å²) in [5, 5.41) is 4.34. The third-order valence-corrected chi connectivity index (χ3v) is 10.5. The van der Waals surface area contributed by atoms with Crippen LogP contribution in [0.2, 0.25) is 0 Å². The molecule has 0 radical (unpaired) electrons. The van der Waals surface area contributed by atoms with Gasteiger partial charge in [-0.2, -0.15) is 0 Å². The Labute approximate surface area is 186 Å². The van der Waals surface area contributed by atoms with Crippen LogP contribution in [0.1, 0.15) is 5.56 Å². The van der Waals surface area contributed by atoms with E-state index < -0.39 is 7.26 Å². The molecule has 0 fully saturated rings. The van der Waals surface area contributed by atoms with E-state index in [2.05, 4.69) is 131 Å². The van der Waals surface area contributed by atoms with Crippen LogP contribution in [0, 0.1) is 0 Å². The second-order valence-corrected chi connectivity index (χ2v) is 11.6. The molecule has 0 nitrogen and oxygen atoms in total. The van der Waals surface area contributed by atoms with Crippen LogP contribution in [0.5, 0.6) is 0 Å². The second-order valence-electron chi connectivity index (χ2n) is 6.81. The van der Waals surface area contributed by atoms with Crippen LogP contribution in [0.4, 0.5) is 0 Å². The average Bonchev–Trinajstić information content (AvgIpc) is 2.74. The molecule has 0 bridgehead atoms. The topological polar surface area (TPSA) is 0 Å². The van der Waals surface area contributed by atoms with Crippen molar-refractivity contribution < 1.29 is 0 Å². The molecule has 0 aliphatic heterocycles. The molecule has 0 unspecified atom stereocenters. The van der Waals surface area contributed by atoms with Gasteiger partial charge in [-0.25, -0.2) is 0 Å². The summed E-state index contributed by atoms with van der Waals surface area (Å²) in [4.78, 5) is 0. The molecule has 4 aromatic rings. The molecule has 0 amide bonds. The quantitative estimate of drug-likeness (QED) is 0.276. The number of benzene rings is 4. The zero-order valence-electron chi connectivity index (χ0n) is 15.5. The molecule has 0 aliphatic carbocycles. The van der Waals surface area contributed by atoms with Gasteiger partial charge in [0.05, 0.1) is 0 Å². The van der Waals surface area contributed by atoms with Gasteiger partial charge in [0, 0.05) is 0 Å². The van der Waals surface area contributed by atoms with Gasteiger partial charge in [-0.3, -0.25) is 0 Å². The van der Waals surface area contributed by atoms with Crippen molar-refractivity contribution in [2.24, 2.45) is 0 Å². The van der Waals surface area contributed by atoms with Crippen LogP contribution >= 0.6 is 40.2 Å². The van der Waals surface area contributed by atoms with Gasteiger partial charge < -0.3 is 0 Å². The van der Waals surface area contributed by atoms with E-state index in [1.165, 1.54) is 21.5 Å². The fraction of sp³-hybridized carbons (Fsp3) is 0.0400. The van der Waals surface area contributed by atoms with Crippen molar-refractivity contribution in [2.45, 2.75) is 6.16 Å². The minimum absolute atomic E-state index is 0. The van der Waals surface area contributed by atoms with E-state index in [0.29, 0.717) is 0 Å². The molecule has 28 heavy (non-hydrogen) atoms. The summed E-state index contributed by atoms with van der Waals surface area (Å²) < 4.78 is 1.14. The number of hydrogen-bond acceptors (Lipinski definition) is 0. The fourth-order valence-corrected chi connectivity index (χ4v) is 9.10. The Morgan fingerprint density at radius 3 is 1.36 bits per heavy atom. The Morgan fingerprint density at radius 1 is 0.536 bits per heavy atom. The van der Waals surface area contributed by atoms with Crippen molar-refractivity contribution in [1.82, 2.24) is 0 Å². The van der Waals surface area contributed by atoms with Gasteiger partial charge >= 0.3 is 171 Å². The zero-order chi connectivity index (χ0) is 18.5. The molecule has 4 aromatic carbocycles. The number of rotatable bonds is 5. The third-order valence-electron chi connectivity index (χ3n) is 5.16. The van der Waals surface area contributed by atoms with Crippen molar-refractivity contribution in [3.05, 3.63) is 125 Å². The maximum atomic E-state index is 3.65. The van der Waals surface area contributed by atoms with Crippen molar-refractivity contribution in [3.63, 3.8) is 0 Å². The van der Waals surface area contributed by atoms with E-state index in [0.717, 1.165) is 10.6 Å². The summed E-state index contributed by atoms with van der Waals surface area (Å²) >= 11 is 3.65. The van der Waals surface area contributed by atoms with Crippen LogP contribution in [-0.4, -0.2) is 0 Å². The zero-order valence-corrected chi connectivity index (χ0v) is 19.8. The second kappa shape index (κ2) is 9.65. The van der Waals surface area contributed by atoms with Crippen molar-refractivity contribution in [2.75, 3.05) is 0 Å². The van der Waals surface area contributed by atoms with E-state index in [-0.39, 0.29) is 17.0 Å². The summed E-state index contributed by atoms with van der Waals surface area (Å²) in [7, 11) is -2.21. The Balaban J connectivity index is 0.00000225. The summed E-state index contributed by atoms with van der Waals surface area (Å²) in [6.07, 6.45) is 1.03. The molecule has 142 valence electrons. The molecular weight excluding hydrogens is 491 g/mol. The first-order valence-electron chi connectivity index (χ1n) is 9.20. The van der Waals surface area contributed by atoms with Crippen LogP contribution in [0.15, 0.2) is 120 Å². The monoisotopic (exact) mass is 512 g/mol. The molecule has 0 aromatic heterocycles. The Kier molecular flexibility index (Phi) is 7.24. The Morgan fingerprint density at radius 2 is 0.964 bits per heavy atom. The summed E-state index contributed by atoms with van der Waals surface area (Å²) in [5.41, 5.74) is 1.37. The van der Waals surface area contributed by atoms with Gasteiger partial charge in [0.2, 0.25) is 0 Å². The molecule has 4 rings (SSSR count). The molecule has 0 saturated heterocycles. The average molecular weight is 514 g/mol. The predicted octanol–water partition coefficient (Wildman–Crippen LogP) is 6.25. The predicted molar refractivity (Wildman–Crippen MR) is 135 cm³/mol. The van der Waals surface area contributed by atoms with E-state index in [9.17, 15) is 0 Å². The summed E-state index contributed by atoms with van der Waals surface area (Å²) in [5.74, 6) is 0. The van der Waals surface area contributed by atoms with E-state index in [4.69, 9.17) is 0 Å². The molecule has 0 aliphatic rings. The number of halogens is 2. The first-order chi connectivity index (χ1) is 13.3. The fourth-order valence-electron chi connectivity index (χ4n) is 3.93. The van der Waals surface area contributed by atoms with Gasteiger partial charge in [0.1, 0.15) is 0 Å². The normalized spacial score (nSPS) is 11.5. The first kappa shape index (κ1) is 21.0. The van der Waals surface area contributed by atoms with Crippen molar-refractivity contribution in [1.29, 1.82) is 0 Å². The van der Waals surface area contributed by atoms with Crippen LogP contribution in [-0.2, 0) is 6.16 Å². The van der Waals surface area contributed by atoms with E-state index in [1.54, 1.807) is 0 Å². The molecule has 0 spiro atoms. The maximum absolute atomic E-state index is 3.65. The van der Waals surface area contributed by atoms with Crippen LogP contribution in [0.25, 0.3) is 0 Å². The SMILES string of the molecule is Br.Brc1cccc(C[PH](c2ccccc2)(c2ccccc2)c2ccccc2)c1. The van der Waals surface area contributed by atoms with Crippen molar-refractivity contribution >= 4 is 56.1 Å². The van der Waals surface area contributed by atoms with Gasteiger partial charge in [0.15, 0.2) is 0 Å². The minimum atomic E-state index is -2.21.